The number of rotatable bonds is 5. The van der Waals surface area contributed by atoms with E-state index in [1.165, 1.54) is 51.8 Å². The van der Waals surface area contributed by atoms with Gasteiger partial charge in [-0.05, 0) is 94.5 Å². The molecule has 1 atom stereocenters. The molecule has 1 amide bonds. The van der Waals surface area contributed by atoms with Gasteiger partial charge in [0.2, 0.25) is 0 Å². The number of amides is 1. The predicted molar refractivity (Wildman–Crippen MR) is 162 cm³/mol. The maximum absolute atomic E-state index is 13.9. The van der Waals surface area contributed by atoms with E-state index in [1.54, 1.807) is 0 Å². The maximum atomic E-state index is 13.9. The minimum absolute atomic E-state index is 0.0122. The van der Waals surface area contributed by atoms with Crippen LogP contribution in [0.5, 0.6) is 0 Å². The number of benzene rings is 3. The van der Waals surface area contributed by atoms with Crippen LogP contribution in [0.4, 0.5) is 0 Å². The first kappa shape index (κ1) is 26.6. The van der Waals surface area contributed by atoms with Crippen molar-refractivity contribution in [3.05, 3.63) is 129 Å². The fourth-order valence-corrected chi connectivity index (χ4v) is 6.83. The van der Waals surface area contributed by atoms with Gasteiger partial charge in [-0.25, -0.2) is 0 Å². The van der Waals surface area contributed by atoms with Crippen LogP contribution >= 0.6 is 0 Å². The van der Waals surface area contributed by atoms with E-state index in [-0.39, 0.29) is 22.8 Å². The van der Waals surface area contributed by atoms with Crippen LogP contribution in [0.15, 0.2) is 83.3 Å². The van der Waals surface area contributed by atoms with Gasteiger partial charge in [0.05, 0.1) is 6.04 Å². The lowest BCUT2D eigenvalue weighted by Gasteiger charge is -2.42. The van der Waals surface area contributed by atoms with Gasteiger partial charge in [-0.1, -0.05) is 94.4 Å². The van der Waals surface area contributed by atoms with Crippen LogP contribution in [0.3, 0.4) is 0 Å². The number of hydrogen-bond donors (Lipinski definition) is 0. The quantitative estimate of drug-likeness (QED) is 0.259. The molecule has 206 valence electrons. The second-order valence-electron chi connectivity index (χ2n) is 13.2. The van der Waals surface area contributed by atoms with E-state index in [2.05, 4.69) is 95.3 Å². The molecule has 3 nitrogen and oxygen atoms in total. The number of fused-ring (bicyclic) bond motifs is 2. The van der Waals surface area contributed by atoms with Crippen molar-refractivity contribution in [1.82, 2.24) is 4.90 Å². The average Bonchev–Trinajstić information content (AvgIpc) is 3.41. The molecule has 0 fully saturated rings. The molecule has 1 aliphatic heterocycles. The van der Waals surface area contributed by atoms with Gasteiger partial charge in [-0.15, -0.1) is 0 Å². The molecule has 0 spiro atoms. The van der Waals surface area contributed by atoms with Gasteiger partial charge in [0.1, 0.15) is 5.76 Å². The summed E-state index contributed by atoms with van der Waals surface area (Å²) >= 11 is 0. The minimum Gasteiger partial charge on any atom is -0.456 e. The molecule has 3 aromatic carbocycles. The van der Waals surface area contributed by atoms with Gasteiger partial charge in [0, 0.05) is 13.0 Å². The number of carbonyl (C=O) groups excluding carboxylic acids is 1. The summed E-state index contributed by atoms with van der Waals surface area (Å²) in [6.07, 6.45) is 4.75. The van der Waals surface area contributed by atoms with Crippen LogP contribution in [0.25, 0.3) is 0 Å². The van der Waals surface area contributed by atoms with E-state index < -0.39 is 0 Å². The third kappa shape index (κ3) is 4.91. The molecule has 1 unspecified atom stereocenters. The predicted octanol–water partition coefficient (Wildman–Crippen LogP) is 8.51. The van der Waals surface area contributed by atoms with E-state index in [0.717, 1.165) is 18.6 Å². The van der Waals surface area contributed by atoms with Crippen molar-refractivity contribution in [3.8, 4) is 0 Å². The molecule has 6 rings (SSSR count). The highest BCUT2D eigenvalue weighted by Crippen LogP contribution is 2.46. The summed E-state index contributed by atoms with van der Waals surface area (Å²) < 4.78 is 6.29. The van der Waals surface area contributed by atoms with Gasteiger partial charge in [-0.2, -0.15) is 0 Å². The van der Waals surface area contributed by atoms with Crippen LogP contribution in [0.2, 0.25) is 0 Å². The van der Waals surface area contributed by atoms with Crippen molar-refractivity contribution in [2.24, 2.45) is 0 Å². The van der Waals surface area contributed by atoms with Gasteiger partial charge >= 0.3 is 0 Å². The highest BCUT2D eigenvalue weighted by molar-refractivity contribution is 5.92. The minimum atomic E-state index is -0.0215. The molecule has 2 aliphatic rings. The van der Waals surface area contributed by atoms with E-state index in [4.69, 9.17) is 4.42 Å². The number of furan rings is 1. The molecule has 3 heteroatoms. The molecule has 0 saturated carbocycles. The zero-order chi connectivity index (χ0) is 28.1. The van der Waals surface area contributed by atoms with Crippen LogP contribution < -0.4 is 0 Å². The van der Waals surface area contributed by atoms with E-state index in [0.29, 0.717) is 18.7 Å². The number of carbonyl (C=O) groups is 1. The topological polar surface area (TPSA) is 33.5 Å². The van der Waals surface area contributed by atoms with Crippen LogP contribution in [0.1, 0.15) is 102 Å². The SMILES string of the molecule is Cc1cc2c(cc1Cc1ccc(C(=O)N3CCc4ccccc4C3Cc3ccccc3)o1)C(C)(C)CCC2(C)C. The summed E-state index contributed by atoms with van der Waals surface area (Å²) in [6.45, 7) is 12.4. The zero-order valence-corrected chi connectivity index (χ0v) is 24.6. The van der Waals surface area contributed by atoms with Crippen molar-refractivity contribution in [2.45, 2.75) is 83.6 Å². The smallest absolute Gasteiger partial charge is 0.290 e. The highest BCUT2D eigenvalue weighted by atomic mass is 16.4. The summed E-state index contributed by atoms with van der Waals surface area (Å²) in [5, 5.41) is 0. The Morgan fingerprint density at radius 2 is 1.55 bits per heavy atom. The molecule has 0 N–H and O–H groups in total. The number of nitrogens with zero attached hydrogens (tertiary/aromatic N) is 1. The van der Waals surface area contributed by atoms with Crippen molar-refractivity contribution in [2.75, 3.05) is 6.54 Å². The number of hydrogen-bond acceptors (Lipinski definition) is 2. The molecule has 2 heterocycles. The Balaban J connectivity index is 1.27. The summed E-state index contributed by atoms with van der Waals surface area (Å²) in [6, 6.07) is 27.7. The molecular weight excluding hydrogens is 490 g/mol. The lowest BCUT2D eigenvalue weighted by atomic mass is 9.62. The maximum Gasteiger partial charge on any atom is 0.290 e. The van der Waals surface area contributed by atoms with Crippen molar-refractivity contribution in [3.63, 3.8) is 0 Å². The Kier molecular flexibility index (Phi) is 6.73. The fourth-order valence-electron chi connectivity index (χ4n) is 6.83. The molecule has 1 aliphatic carbocycles. The van der Waals surface area contributed by atoms with Gasteiger partial charge in [0.15, 0.2) is 5.76 Å². The molecule has 4 aromatic rings. The third-order valence-corrected chi connectivity index (χ3v) is 9.49. The van der Waals surface area contributed by atoms with Gasteiger partial charge < -0.3 is 9.32 Å². The average molecular weight is 532 g/mol. The van der Waals surface area contributed by atoms with Gasteiger partial charge in [-0.3, -0.25) is 4.79 Å². The van der Waals surface area contributed by atoms with E-state index in [1.807, 2.05) is 23.1 Å². The third-order valence-electron chi connectivity index (χ3n) is 9.49. The van der Waals surface area contributed by atoms with Crippen LogP contribution in [-0.2, 0) is 30.1 Å². The molecule has 0 radical (unpaired) electrons. The first-order chi connectivity index (χ1) is 19.1. The first-order valence-electron chi connectivity index (χ1n) is 14.8. The van der Waals surface area contributed by atoms with Crippen molar-refractivity contribution in [1.29, 1.82) is 0 Å². The summed E-state index contributed by atoms with van der Waals surface area (Å²) in [5.41, 5.74) is 9.69. The largest absolute Gasteiger partial charge is 0.456 e. The highest BCUT2D eigenvalue weighted by Gasteiger charge is 2.37. The normalized spacial score (nSPS) is 19.1. The van der Waals surface area contributed by atoms with E-state index >= 15 is 0 Å². The lowest BCUT2D eigenvalue weighted by molar-refractivity contribution is 0.0625. The molecule has 0 bridgehead atoms. The summed E-state index contributed by atoms with van der Waals surface area (Å²) in [7, 11) is 0. The summed E-state index contributed by atoms with van der Waals surface area (Å²) in [4.78, 5) is 15.9. The van der Waals surface area contributed by atoms with E-state index in [9.17, 15) is 4.79 Å². The second-order valence-corrected chi connectivity index (χ2v) is 13.2. The monoisotopic (exact) mass is 531 g/mol. The van der Waals surface area contributed by atoms with Crippen molar-refractivity contribution >= 4 is 5.91 Å². The lowest BCUT2D eigenvalue weighted by Crippen LogP contribution is -2.40. The second kappa shape index (κ2) is 10.1. The fraction of sp³-hybridized carbons (Fsp3) is 0.378. The molecule has 40 heavy (non-hydrogen) atoms. The van der Waals surface area contributed by atoms with Crippen LogP contribution in [0, 0.1) is 6.92 Å². The Morgan fingerprint density at radius 1 is 0.875 bits per heavy atom. The van der Waals surface area contributed by atoms with Crippen molar-refractivity contribution < 1.29 is 9.21 Å². The zero-order valence-electron chi connectivity index (χ0n) is 24.6. The Hall–Kier alpha value is -3.59. The molecule has 1 aromatic heterocycles. The molecule has 0 saturated heterocycles. The first-order valence-corrected chi connectivity index (χ1v) is 14.8. The standard InChI is InChI=1S/C37H41NO2/c1-25-21-31-32(37(4,5)19-18-36(31,2)3)24-28(25)23-29-15-16-34(40-29)35(39)38-20-17-27-13-9-10-14-30(27)33(38)22-26-11-7-6-8-12-26/h6-16,21,24,33H,17-20,22-23H2,1-5H3. The Labute approximate surface area is 239 Å². The Bertz CT molecular complexity index is 1540. The van der Waals surface area contributed by atoms with Crippen LogP contribution in [-0.4, -0.2) is 17.4 Å². The molecular formula is C37H41NO2. The number of aryl methyl sites for hydroxylation is 1. The van der Waals surface area contributed by atoms with Gasteiger partial charge in [0.25, 0.3) is 5.91 Å². The Morgan fingerprint density at radius 3 is 2.30 bits per heavy atom. The summed E-state index contributed by atoms with van der Waals surface area (Å²) in [5.74, 6) is 1.26.